The Balaban J connectivity index is 1.14. The number of rotatable bonds is 5. The third-order valence-corrected chi connectivity index (χ3v) is 19.2. The van der Waals surface area contributed by atoms with Crippen LogP contribution in [0.15, 0.2) is 194 Å². The molecule has 85 heavy (non-hydrogen) atoms. The van der Waals surface area contributed by atoms with E-state index in [9.17, 15) is 0 Å². The van der Waals surface area contributed by atoms with E-state index in [0.29, 0.717) is 0 Å². The number of hydrogen-bond acceptors (Lipinski definition) is 1. The molecule has 0 spiro atoms. The van der Waals surface area contributed by atoms with Crippen LogP contribution >= 0.6 is 0 Å². The van der Waals surface area contributed by atoms with Crippen LogP contribution in [0, 0.1) is 0 Å². The van der Waals surface area contributed by atoms with Crippen molar-refractivity contribution in [1.29, 1.82) is 0 Å². The summed E-state index contributed by atoms with van der Waals surface area (Å²) in [5.41, 5.74) is 33.7. The second-order valence-electron chi connectivity index (χ2n) is 30.3. The van der Waals surface area contributed by atoms with Gasteiger partial charge in [0.25, 0.3) is 0 Å². The zero-order valence-corrected chi connectivity index (χ0v) is 52.9. The van der Waals surface area contributed by atoms with Gasteiger partial charge in [0.1, 0.15) is 0 Å². The van der Waals surface area contributed by atoms with Crippen LogP contribution in [0.4, 0.5) is 17.1 Å². The second kappa shape index (κ2) is 19.2. The molecule has 0 saturated carbocycles. The number of nitrogens with zero attached hydrogens (tertiary/aromatic N) is 2. The molecule has 10 aromatic carbocycles. The Morgan fingerprint density at radius 1 is 0.329 bits per heavy atom. The highest BCUT2D eigenvalue weighted by Gasteiger charge is 2.42. The molecule has 0 amide bonds. The van der Waals surface area contributed by atoms with Crippen LogP contribution in [-0.4, -0.2) is 4.57 Å². The zero-order valence-electron chi connectivity index (χ0n) is 52.9. The molecule has 0 bridgehead atoms. The van der Waals surface area contributed by atoms with Gasteiger partial charge >= 0.3 is 0 Å². The molecule has 1 aromatic heterocycles. The van der Waals surface area contributed by atoms with Crippen molar-refractivity contribution in [3.05, 3.63) is 261 Å². The van der Waals surface area contributed by atoms with E-state index < -0.39 is 0 Å². The maximum atomic E-state index is 2.77. The zero-order chi connectivity index (χ0) is 59.4. The molecule has 1 atom stereocenters. The summed E-state index contributed by atoms with van der Waals surface area (Å²) in [6.45, 7) is 35.3. The van der Waals surface area contributed by atoms with Crippen LogP contribution < -0.4 is 4.90 Å². The third-order valence-electron chi connectivity index (χ3n) is 19.2. The number of benzene rings is 10. The summed E-state index contributed by atoms with van der Waals surface area (Å²) < 4.78 is 2.61. The van der Waals surface area contributed by atoms with E-state index in [-0.39, 0.29) is 33.0 Å². The topological polar surface area (TPSA) is 8.17 Å². The summed E-state index contributed by atoms with van der Waals surface area (Å²) >= 11 is 0. The summed E-state index contributed by atoms with van der Waals surface area (Å²) in [5.74, 6) is -0.0340. The van der Waals surface area contributed by atoms with Crippen molar-refractivity contribution in [2.45, 2.75) is 150 Å². The maximum absolute atomic E-state index is 2.77. The lowest BCUT2D eigenvalue weighted by atomic mass is 9.70. The minimum absolute atomic E-state index is 0.0106. The molecule has 0 radical (unpaired) electrons. The molecule has 1 aliphatic heterocycles. The Labute approximate surface area is 506 Å². The van der Waals surface area contributed by atoms with Gasteiger partial charge in [-0.3, -0.25) is 0 Å². The molecule has 0 fully saturated rings. The smallest absolute Gasteiger partial charge is 0.0625 e. The highest BCUT2D eigenvalue weighted by Crippen LogP contribution is 2.62. The van der Waals surface area contributed by atoms with Crippen molar-refractivity contribution in [3.8, 4) is 50.2 Å². The Morgan fingerprint density at radius 2 is 0.871 bits per heavy atom. The molecule has 0 saturated heterocycles. The lowest BCUT2D eigenvalue weighted by molar-refractivity contribution is 0.569. The van der Waals surface area contributed by atoms with Crippen molar-refractivity contribution in [3.63, 3.8) is 0 Å². The minimum atomic E-state index is -0.128. The highest BCUT2D eigenvalue weighted by atomic mass is 15.2. The molecule has 2 heterocycles. The molecule has 424 valence electrons. The Hall–Kier alpha value is -8.20. The molecular formula is C83H82N2. The van der Waals surface area contributed by atoms with E-state index in [1.165, 1.54) is 156 Å². The first-order valence-corrected chi connectivity index (χ1v) is 31.2. The molecule has 3 aliphatic rings. The molecule has 2 aliphatic carbocycles. The second-order valence-corrected chi connectivity index (χ2v) is 30.3. The molecule has 0 N–H and O–H groups in total. The van der Waals surface area contributed by atoms with Gasteiger partial charge in [0.2, 0.25) is 0 Å². The van der Waals surface area contributed by atoms with Crippen molar-refractivity contribution in [2.24, 2.45) is 0 Å². The molecular weight excluding hydrogens is 1020 g/mol. The highest BCUT2D eigenvalue weighted by molar-refractivity contribution is 6.11. The van der Waals surface area contributed by atoms with Gasteiger partial charge in [0.05, 0.1) is 28.1 Å². The minimum Gasteiger partial charge on any atom is -0.309 e. The summed E-state index contributed by atoms with van der Waals surface area (Å²) in [6.07, 6.45) is 1.70. The average Bonchev–Trinajstić information content (AvgIpc) is 1.54. The summed E-state index contributed by atoms with van der Waals surface area (Å²) in [6, 6.07) is 76.6. The first-order chi connectivity index (χ1) is 40.3. The SMILES string of the molecule is CC(C)(C)c1cc(-c2ccc3c(c2)C2c4ccc(C(C)(C)C)cc4N(c4c(-c5ccccc5)cc5c(c4-c4ccccc4)-c4ccccc4C5)c4cc(-n5c6ccc(C(C)(C)C)cc6c6cc(C(C)(C)C)ccc65)cc(c42)C3)cc(C(C)(C)C)c1. The standard InChI is InChI=1S/C83H82N2/c1-79(2,3)58-33-36-70-68(46-58)69-47-59(80(4,5)6)34-37-71(69)84(70)63-42-56-39-54-31-30-52(55-40-61(82(10,11)12)45-62(41-55)83(13,14)15)43-66(54)77-65-35-32-60(81(7,8)9)48-72(65)85(73(49-63)75(56)77)78-67(50-24-18-16-19-25-50)44-57-38-53-28-22-23-29-64(53)74(57)76(78)51-26-20-17-21-27-51/h16-37,40-49,77H,38-39H2,1-15H3. The van der Waals surface area contributed by atoms with Gasteiger partial charge in [-0.15, -0.1) is 0 Å². The largest absolute Gasteiger partial charge is 0.309 e. The predicted octanol–water partition coefficient (Wildman–Crippen LogP) is 22.7. The van der Waals surface area contributed by atoms with Crippen molar-refractivity contribution >= 4 is 38.9 Å². The van der Waals surface area contributed by atoms with Crippen LogP contribution in [0.5, 0.6) is 0 Å². The van der Waals surface area contributed by atoms with Crippen LogP contribution in [0.1, 0.15) is 177 Å². The van der Waals surface area contributed by atoms with Gasteiger partial charge in [0, 0.05) is 33.5 Å². The lowest BCUT2D eigenvalue weighted by Gasteiger charge is -2.44. The third kappa shape index (κ3) is 9.12. The molecule has 1 unspecified atom stereocenters. The Kier molecular flexibility index (Phi) is 12.3. The monoisotopic (exact) mass is 1110 g/mol. The fourth-order valence-corrected chi connectivity index (χ4v) is 14.3. The number of hydrogen-bond donors (Lipinski definition) is 0. The number of aromatic nitrogens is 1. The molecule has 2 nitrogen and oxygen atoms in total. The van der Waals surface area contributed by atoms with Crippen LogP contribution in [0.2, 0.25) is 0 Å². The summed E-state index contributed by atoms with van der Waals surface area (Å²) in [7, 11) is 0. The number of anilines is 3. The first kappa shape index (κ1) is 54.7. The molecule has 11 aromatic rings. The van der Waals surface area contributed by atoms with Crippen LogP contribution in [0.25, 0.3) is 72.0 Å². The van der Waals surface area contributed by atoms with E-state index in [1.54, 1.807) is 0 Å². The van der Waals surface area contributed by atoms with Crippen molar-refractivity contribution < 1.29 is 0 Å². The molecule has 14 rings (SSSR count). The van der Waals surface area contributed by atoms with Gasteiger partial charge in [-0.25, -0.2) is 0 Å². The van der Waals surface area contributed by atoms with E-state index in [2.05, 4.69) is 307 Å². The quantitative estimate of drug-likeness (QED) is 0.167. The first-order valence-electron chi connectivity index (χ1n) is 31.2. The van der Waals surface area contributed by atoms with Gasteiger partial charge in [0.15, 0.2) is 0 Å². The van der Waals surface area contributed by atoms with Gasteiger partial charge < -0.3 is 9.47 Å². The Bertz CT molecular complexity index is 4420. The van der Waals surface area contributed by atoms with Crippen LogP contribution in [-0.2, 0) is 39.9 Å². The maximum Gasteiger partial charge on any atom is 0.0625 e. The van der Waals surface area contributed by atoms with E-state index in [0.717, 1.165) is 12.8 Å². The van der Waals surface area contributed by atoms with Gasteiger partial charge in [-0.2, -0.15) is 0 Å². The van der Waals surface area contributed by atoms with E-state index in [4.69, 9.17) is 0 Å². The average molecular weight is 1110 g/mol. The van der Waals surface area contributed by atoms with Crippen molar-refractivity contribution in [1.82, 2.24) is 4.57 Å². The number of fused-ring (bicyclic) bond motifs is 10. The summed E-state index contributed by atoms with van der Waals surface area (Å²) in [5, 5.41) is 2.60. The molecule has 2 heteroatoms. The summed E-state index contributed by atoms with van der Waals surface area (Å²) in [4.78, 5) is 2.77. The normalized spacial score (nSPS) is 14.8. The lowest BCUT2D eigenvalue weighted by Crippen LogP contribution is -2.28. The Morgan fingerprint density at radius 3 is 1.47 bits per heavy atom. The van der Waals surface area contributed by atoms with Crippen LogP contribution in [0.3, 0.4) is 0 Å². The fourth-order valence-electron chi connectivity index (χ4n) is 14.3. The van der Waals surface area contributed by atoms with Gasteiger partial charge in [-0.1, -0.05) is 243 Å². The van der Waals surface area contributed by atoms with E-state index in [1.807, 2.05) is 0 Å². The fraction of sp³-hybridized carbons (Fsp3) is 0.277. The predicted molar refractivity (Wildman–Crippen MR) is 364 cm³/mol. The van der Waals surface area contributed by atoms with Gasteiger partial charge in [-0.05, 0) is 195 Å². The van der Waals surface area contributed by atoms with Crippen molar-refractivity contribution in [2.75, 3.05) is 4.90 Å². The van der Waals surface area contributed by atoms with E-state index >= 15 is 0 Å².